The Balaban J connectivity index is 1.29. The Morgan fingerprint density at radius 3 is 2.64 bits per heavy atom. The van der Waals surface area contributed by atoms with E-state index in [0.717, 1.165) is 60.5 Å². The van der Waals surface area contributed by atoms with Crippen molar-refractivity contribution in [1.29, 1.82) is 0 Å². The quantitative estimate of drug-likeness (QED) is 0.689. The molecule has 6 nitrogen and oxygen atoms in total. The molecule has 28 heavy (non-hydrogen) atoms. The van der Waals surface area contributed by atoms with Crippen LogP contribution in [0.2, 0.25) is 0 Å². The molecule has 146 valence electrons. The highest BCUT2D eigenvalue weighted by Gasteiger charge is 2.26. The lowest BCUT2D eigenvalue weighted by molar-refractivity contribution is -0.132. The number of rotatable bonds is 3. The minimum absolute atomic E-state index is 0.322. The van der Waals surface area contributed by atoms with Gasteiger partial charge in [-0.15, -0.1) is 0 Å². The second-order valence-corrected chi connectivity index (χ2v) is 8.05. The van der Waals surface area contributed by atoms with Crippen LogP contribution in [-0.2, 0) is 4.79 Å². The fourth-order valence-corrected chi connectivity index (χ4v) is 4.67. The second-order valence-electron chi connectivity index (χ2n) is 8.05. The van der Waals surface area contributed by atoms with Crippen LogP contribution in [0.15, 0.2) is 35.0 Å². The summed E-state index contributed by atoms with van der Waals surface area (Å²) in [4.78, 5) is 25.9. The van der Waals surface area contributed by atoms with Crippen molar-refractivity contribution in [2.24, 2.45) is 5.92 Å². The van der Waals surface area contributed by atoms with Crippen LogP contribution in [0, 0.1) is 5.92 Å². The number of hydrogen-bond acceptors (Lipinski definition) is 5. The number of benzene rings is 1. The van der Waals surface area contributed by atoms with Crippen molar-refractivity contribution in [2.75, 3.05) is 31.1 Å². The zero-order chi connectivity index (χ0) is 18.9. The molecule has 1 saturated carbocycles. The molecule has 0 radical (unpaired) electrons. The monoisotopic (exact) mass is 378 g/mol. The summed E-state index contributed by atoms with van der Waals surface area (Å²) in [5.74, 6) is 1.75. The summed E-state index contributed by atoms with van der Waals surface area (Å²) in [5.41, 5.74) is 2.43. The number of fused-ring (bicyclic) bond motifs is 3. The van der Waals surface area contributed by atoms with Crippen molar-refractivity contribution < 1.29 is 9.21 Å². The number of aromatic nitrogens is 2. The third kappa shape index (κ3) is 3.21. The maximum Gasteiger partial charge on any atom is 0.222 e. The number of para-hydroxylation sites is 1. The van der Waals surface area contributed by atoms with E-state index in [1.54, 1.807) is 6.33 Å². The van der Waals surface area contributed by atoms with E-state index in [1.807, 2.05) is 29.2 Å². The molecule has 2 aromatic heterocycles. The standard InChI is InChI=1S/C22H26N4O2/c27-19(14-16-6-2-1-3-7-16)25-10-12-26(13-11-25)22-21-20(23-15-24-22)17-8-4-5-9-18(17)28-21/h4-5,8-9,15-16H,1-3,6-7,10-14H2. The molecular formula is C22H26N4O2. The molecule has 0 N–H and O–H groups in total. The lowest BCUT2D eigenvalue weighted by atomic mass is 9.86. The lowest BCUT2D eigenvalue weighted by Gasteiger charge is -2.36. The van der Waals surface area contributed by atoms with E-state index in [2.05, 4.69) is 14.9 Å². The van der Waals surface area contributed by atoms with Crippen LogP contribution in [-0.4, -0.2) is 47.0 Å². The Labute approximate surface area is 164 Å². The average molecular weight is 378 g/mol. The first-order valence-electron chi connectivity index (χ1n) is 10.4. The highest BCUT2D eigenvalue weighted by Crippen LogP contribution is 2.32. The summed E-state index contributed by atoms with van der Waals surface area (Å²) in [6.45, 7) is 3.05. The van der Waals surface area contributed by atoms with Gasteiger partial charge in [-0.05, 0) is 30.9 Å². The van der Waals surface area contributed by atoms with Crippen molar-refractivity contribution in [3.8, 4) is 0 Å². The highest BCUT2D eigenvalue weighted by atomic mass is 16.3. The summed E-state index contributed by atoms with van der Waals surface area (Å²) in [7, 11) is 0. The number of carbonyl (C=O) groups is 1. The predicted octanol–water partition coefficient (Wildman–Crippen LogP) is 4.00. The Morgan fingerprint density at radius 2 is 1.82 bits per heavy atom. The van der Waals surface area contributed by atoms with Gasteiger partial charge in [0.1, 0.15) is 17.4 Å². The second kappa shape index (κ2) is 7.41. The molecule has 1 amide bonds. The Morgan fingerprint density at radius 1 is 1.04 bits per heavy atom. The topological polar surface area (TPSA) is 62.5 Å². The summed E-state index contributed by atoms with van der Waals surface area (Å²) >= 11 is 0. The molecule has 0 bridgehead atoms. The largest absolute Gasteiger partial charge is 0.450 e. The molecule has 0 atom stereocenters. The molecule has 0 spiro atoms. The number of hydrogen-bond donors (Lipinski definition) is 0. The Hall–Kier alpha value is -2.63. The van der Waals surface area contributed by atoms with E-state index in [9.17, 15) is 4.79 Å². The van der Waals surface area contributed by atoms with E-state index in [-0.39, 0.29) is 0 Å². The van der Waals surface area contributed by atoms with Gasteiger partial charge in [0.05, 0.1) is 0 Å². The summed E-state index contributed by atoms with van der Waals surface area (Å²) in [5, 5.41) is 1.02. The zero-order valence-electron chi connectivity index (χ0n) is 16.1. The molecule has 3 aromatic rings. The van der Waals surface area contributed by atoms with Crippen LogP contribution in [0.1, 0.15) is 38.5 Å². The van der Waals surface area contributed by atoms with Gasteiger partial charge in [-0.1, -0.05) is 31.4 Å². The number of carbonyl (C=O) groups excluding carboxylic acids is 1. The summed E-state index contributed by atoms with van der Waals surface area (Å²) in [6.07, 6.45) is 8.67. The van der Waals surface area contributed by atoms with Crippen LogP contribution in [0.4, 0.5) is 5.82 Å². The molecule has 3 heterocycles. The molecule has 6 heteroatoms. The Bertz CT molecular complexity index is 985. The molecular weight excluding hydrogens is 352 g/mol. The third-order valence-corrected chi connectivity index (χ3v) is 6.26. The van der Waals surface area contributed by atoms with E-state index in [4.69, 9.17) is 4.42 Å². The minimum atomic E-state index is 0.322. The van der Waals surface area contributed by atoms with Gasteiger partial charge in [0.25, 0.3) is 0 Å². The number of amides is 1. The van der Waals surface area contributed by atoms with Crippen LogP contribution < -0.4 is 4.90 Å². The van der Waals surface area contributed by atoms with Gasteiger partial charge >= 0.3 is 0 Å². The molecule has 1 saturated heterocycles. The molecule has 1 aliphatic carbocycles. The highest BCUT2D eigenvalue weighted by molar-refractivity contribution is 6.05. The third-order valence-electron chi connectivity index (χ3n) is 6.26. The number of furan rings is 1. The van der Waals surface area contributed by atoms with E-state index in [0.29, 0.717) is 11.8 Å². The Kier molecular flexibility index (Phi) is 4.63. The van der Waals surface area contributed by atoms with Crippen LogP contribution in [0.3, 0.4) is 0 Å². The first-order chi connectivity index (χ1) is 13.8. The van der Waals surface area contributed by atoms with Gasteiger partial charge in [-0.25, -0.2) is 9.97 Å². The van der Waals surface area contributed by atoms with E-state index in [1.165, 1.54) is 32.1 Å². The fourth-order valence-electron chi connectivity index (χ4n) is 4.67. The SMILES string of the molecule is O=C(CC1CCCCC1)N1CCN(c2ncnc3c2oc2ccccc23)CC1. The van der Waals surface area contributed by atoms with Crippen molar-refractivity contribution in [3.63, 3.8) is 0 Å². The van der Waals surface area contributed by atoms with Crippen LogP contribution in [0.25, 0.3) is 22.1 Å². The first-order valence-corrected chi connectivity index (χ1v) is 10.4. The number of nitrogens with zero attached hydrogens (tertiary/aromatic N) is 4. The van der Waals surface area contributed by atoms with Crippen LogP contribution >= 0.6 is 0 Å². The van der Waals surface area contributed by atoms with E-state index < -0.39 is 0 Å². The zero-order valence-corrected chi connectivity index (χ0v) is 16.1. The van der Waals surface area contributed by atoms with Crippen molar-refractivity contribution >= 4 is 33.8 Å². The molecule has 2 aliphatic rings. The van der Waals surface area contributed by atoms with Gasteiger partial charge in [-0.3, -0.25) is 4.79 Å². The minimum Gasteiger partial charge on any atom is -0.450 e. The van der Waals surface area contributed by atoms with Crippen molar-refractivity contribution in [3.05, 3.63) is 30.6 Å². The predicted molar refractivity (Wildman–Crippen MR) is 109 cm³/mol. The molecule has 5 rings (SSSR count). The summed E-state index contributed by atoms with van der Waals surface area (Å²) < 4.78 is 6.06. The summed E-state index contributed by atoms with van der Waals surface area (Å²) in [6, 6.07) is 7.95. The van der Waals surface area contributed by atoms with Gasteiger partial charge in [-0.2, -0.15) is 0 Å². The lowest BCUT2D eigenvalue weighted by Crippen LogP contribution is -2.49. The molecule has 0 unspecified atom stereocenters. The number of piperazine rings is 1. The number of anilines is 1. The van der Waals surface area contributed by atoms with Gasteiger partial charge in [0, 0.05) is 38.0 Å². The maximum atomic E-state index is 12.7. The normalized spacial score (nSPS) is 18.9. The molecule has 1 aromatic carbocycles. The molecule has 1 aliphatic heterocycles. The van der Waals surface area contributed by atoms with Crippen molar-refractivity contribution in [2.45, 2.75) is 38.5 Å². The average Bonchev–Trinajstić information content (AvgIpc) is 3.13. The van der Waals surface area contributed by atoms with Crippen LogP contribution in [0.5, 0.6) is 0 Å². The van der Waals surface area contributed by atoms with Crippen molar-refractivity contribution in [1.82, 2.24) is 14.9 Å². The molecule has 2 fully saturated rings. The smallest absolute Gasteiger partial charge is 0.222 e. The van der Waals surface area contributed by atoms with Gasteiger partial charge in [0.2, 0.25) is 5.91 Å². The van der Waals surface area contributed by atoms with Gasteiger partial charge in [0.15, 0.2) is 11.4 Å². The first kappa shape index (κ1) is 17.5. The maximum absolute atomic E-state index is 12.7. The van der Waals surface area contributed by atoms with E-state index >= 15 is 0 Å². The fraction of sp³-hybridized carbons (Fsp3) is 0.500. The van der Waals surface area contributed by atoms with Gasteiger partial charge < -0.3 is 14.2 Å².